The second-order valence-corrected chi connectivity index (χ2v) is 7.90. The summed E-state index contributed by atoms with van der Waals surface area (Å²) in [4.78, 5) is 19.4. The van der Waals surface area contributed by atoms with E-state index >= 15 is 0 Å². The van der Waals surface area contributed by atoms with E-state index < -0.39 is 0 Å². The average molecular weight is 434 g/mol. The summed E-state index contributed by atoms with van der Waals surface area (Å²) < 4.78 is 7.73. The van der Waals surface area contributed by atoms with Crippen molar-refractivity contribution in [3.05, 3.63) is 77.7 Å². The third-order valence-electron chi connectivity index (χ3n) is 5.49. The van der Waals surface area contributed by atoms with Crippen LogP contribution in [0.25, 0.3) is 16.7 Å². The van der Waals surface area contributed by atoms with Crippen LogP contribution in [0.3, 0.4) is 0 Å². The summed E-state index contributed by atoms with van der Waals surface area (Å²) in [6.07, 6.45) is 4.80. The summed E-state index contributed by atoms with van der Waals surface area (Å²) in [6.45, 7) is 1.55. The van der Waals surface area contributed by atoms with E-state index in [1.165, 1.54) is 0 Å². The Kier molecular flexibility index (Phi) is 5.26. The molecule has 156 valence electrons. The van der Waals surface area contributed by atoms with E-state index in [9.17, 15) is 4.79 Å². The minimum absolute atomic E-state index is 0.114. The Morgan fingerprint density at radius 1 is 1.06 bits per heavy atom. The lowest BCUT2D eigenvalue weighted by Gasteiger charge is -2.32. The highest BCUT2D eigenvalue weighted by Gasteiger charge is 2.24. The molecular weight excluding hydrogens is 414 g/mol. The SMILES string of the molecule is O=C(OC1CCN(c2cccnn2)CC1)c1ccc2ncn(-c3ccc(Cl)cc3)c2c1. The lowest BCUT2D eigenvalue weighted by Crippen LogP contribution is -2.38. The standard InChI is InChI=1S/C23H20ClN5O2/c24-17-4-6-18(7-5-17)29-15-25-20-8-3-16(14-21(20)29)23(30)31-19-9-12-28(13-10-19)22-2-1-11-26-27-22/h1-8,11,14-15,19H,9-10,12-13H2. The first kappa shape index (κ1) is 19.5. The van der Waals surface area contributed by atoms with E-state index in [2.05, 4.69) is 20.1 Å². The molecule has 0 radical (unpaired) electrons. The predicted molar refractivity (Wildman–Crippen MR) is 119 cm³/mol. The number of piperidine rings is 1. The number of anilines is 1. The molecule has 31 heavy (non-hydrogen) atoms. The topological polar surface area (TPSA) is 73.1 Å². The Morgan fingerprint density at radius 3 is 2.61 bits per heavy atom. The van der Waals surface area contributed by atoms with Crippen molar-refractivity contribution < 1.29 is 9.53 Å². The van der Waals surface area contributed by atoms with Gasteiger partial charge in [0.25, 0.3) is 0 Å². The molecule has 2 aromatic carbocycles. The Labute approximate surface area is 184 Å². The number of aromatic nitrogens is 4. The minimum atomic E-state index is -0.316. The van der Waals surface area contributed by atoms with Gasteiger partial charge in [-0.15, -0.1) is 5.10 Å². The van der Waals surface area contributed by atoms with Crippen molar-refractivity contribution in [1.29, 1.82) is 0 Å². The first-order chi connectivity index (χ1) is 15.2. The van der Waals surface area contributed by atoms with Crippen molar-refractivity contribution in [2.45, 2.75) is 18.9 Å². The van der Waals surface area contributed by atoms with E-state index in [1.54, 1.807) is 18.6 Å². The molecule has 1 fully saturated rings. The molecule has 0 unspecified atom stereocenters. The number of nitrogens with zero attached hydrogens (tertiary/aromatic N) is 5. The lowest BCUT2D eigenvalue weighted by atomic mass is 10.1. The Morgan fingerprint density at radius 2 is 1.87 bits per heavy atom. The Bertz CT molecular complexity index is 1200. The number of hydrogen-bond donors (Lipinski definition) is 0. The maximum absolute atomic E-state index is 12.8. The third-order valence-corrected chi connectivity index (χ3v) is 5.74. The van der Waals surface area contributed by atoms with Crippen molar-refractivity contribution in [3.63, 3.8) is 0 Å². The van der Waals surface area contributed by atoms with Crippen LogP contribution in [-0.2, 0) is 4.74 Å². The number of carbonyl (C=O) groups is 1. The molecule has 7 nitrogen and oxygen atoms in total. The highest BCUT2D eigenvalue weighted by Crippen LogP contribution is 2.23. The predicted octanol–water partition coefficient (Wildman–Crippen LogP) is 4.29. The number of imidazole rings is 1. The van der Waals surface area contributed by atoms with Crippen LogP contribution in [0.15, 0.2) is 67.1 Å². The zero-order valence-electron chi connectivity index (χ0n) is 16.7. The third kappa shape index (κ3) is 4.09. The molecule has 0 aliphatic carbocycles. The molecule has 3 heterocycles. The average Bonchev–Trinajstić information content (AvgIpc) is 3.24. The molecular formula is C23H20ClN5O2. The summed E-state index contributed by atoms with van der Waals surface area (Å²) in [5.41, 5.74) is 3.09. The molecule has 5 rings (SSSR count). The zero-order valence-corrected chi connectivity index (χ0v) is 17.4. The fraction of sp³-hybridized carbons (Fsp3) is 0.217. The maximum atomic E-state index is 12.8. The molecule has 2 aromatic heterocycles. The summed E-state index contributed by atoms with van der Waals surface area (Å²) in [5.74, 6) is 0.539. The van der Waals surface area contributed by atoms with E-state index in [4.69, 9.17) is 16.3 Å². The molecule has 8 heteroatoms. The van der Waals surface area contributed by atoms with Gasteiger partial charge in [0.2, 0.25) is 0 Å². The van der Waals surface area contributed by atoms with Crippen molar-refractivity contribution in [2.24, 2.45) is 0 Å². The number of rotatable bonds is 4. The molecule has 0 atom stereocenters. The number of benzene rings is 2. The smallest absolute Gasteiger partial charge is 0.338 e. The van der Waals surface area contributed by atoms with Crippen LogP contribution < -0.4 is 4.90 Å². The van der Waals surface area contributed by atoms with E-state index in [0.29, 0.717) is 10.6 Å². The van der Waals surface area contributed by atoms with Gasteiger partial charge in [0.1, 0.15) is 12.4 Å². The number of carbonyl (C=O) groups excluding carboxylic acids is 1. The molecule has 4 aromatic rings. The van der Waals surface area contributed by atoms with Crippen molar-refractivity contribution in [3.8, 4) is 5.69 Å². The number of halogens is 1. The lowest BCUT2D eigenvalue weighted by molar-refractivity contribution is 0.0245. The first-order valence-corrected chi connectivity index (χ1v) is 10.5. The molecule has 0 saturated carbocycles. The van der Waals surface area contributed by atoms with Gasteiger partial charge in [-0.1, -0.05) is 11.6 Å². The minimum Gasteiger partial charge on any atom is -0.459 e. The number of ether oxygens (including phenoxy) is 1. The van der Waals surface area contributed by atoms with E-state index in [0.717, 1.165) is 48.5 Å². The number of fused-ring (bicyclic) bond motifs is 1. The van der Waals surface area contributed by atoms with Crippen LogP contribution in [0.2, 0.25) is 5.02 Å². The van der Waals surface area contributed by atoms with Crippen LogP contribution in [0.4, 0.5) is 5.82 Å². The van der Waals surface area contributed by atoms with Crippen LogP contribution in [0.5, 0.6) is 0 Å². The van der Waals surface area contributed by atoms with Gasteiger partial charge in [0, 0.05) is 42.8 Å². The molecule has 1 aliphatic rings. The van der Waals surface area contributed by atoms with Crippen LogP contribution >= 0.6 is 11.6 Å². The van der Waals surface area contributed by atoms with E-state index in [1.807, 2.05) is 53.1 Å². The Balaban J connectivity index is 1.29. The van der Waals surface area contributed by atoms with Gasteiger partial charge in [0.05, 0.1) is 16.6 Å². The monoisotopic (exact) mass is 433 g/mol. The summed E-state index contributed by atoms with van der Waals surface area (Å²) in [5, 5.41) is 8.75. The maximum Gasteiger partial charge on any atom is 0.338 e. The quantitative estimate of drug-likeness (QED) is 0.447. The van der Waals surface area contributed by atoms with E-state index in [-0.39, 0.29) is 12.1 Å². The molecule has 0 N–H and O–H groups in total. The van der Waals surface area contributed by atoms with Crippen molar-refractivity contribution in [1.82, 2.24) is 19.7 Å². The van der Waals surface area contributed by atoms with Crippen molar-refractivity contribution in [2.75, 3.05) is 18.0 Å². The normalized spacial score (nSPS) is 14.7. The van der Waals surface area contributed by atoms with Gasteiger partial charge in [-0.25, -0.2) is 9.78 Å². The van der Waals surface area contributed by atoms with Gasteiger partial charge in [-0.3, -0.25) is 4.57 Å². The van der Waals surface area contributed by atoms with Crippen LogP contribution in [-0.4, -0.2) is 44.9 Å². The molecule has 1 aliphatic heterocycles. The fourth-order valence-electron chi connectivity index (χ4n) is 3.83. The van der Waals surface area contributed by atoms with Gasteiger partial charge in [-0.05, 0) is 54.6 Å². The van der Waals surface area contributed by atoms with Crippen LogP contribution in [0, 0.1) is 0 Å². The summed E-state index contributed by atoms with van der Waals surface area (Å²) >= 11 is 6.00. The molecule has 0 amide bonds. The highest BCUT2D eigenvalue weighted by molar-refractivity contribution is 6.30. The highest BCUT2D eigenvalue weighted by atomic mass is 35.5. The van der Waals surface area contributed by atoms with Crippen molar-refractivity contribution >= 4 is 34.4 Å². The van der Waals surface area contributed by atoms with Gasteiger partial charge in [0.15, 0.2) is 5.82 Å². The molecule has 0 bridgehead atoms. The first-order valence-electron chi connectivity index (χ1n) is 10.1. The second-order valence-electron chi connectivity index (χ2n) is 7.47. The largest absolute Gasteiger partial charge is 0.459 e. The summed E-state index contributed by atoms with van der Waals surface area (Å²) in [7, 11) is 0. The van der Waals surface area contributed by atoms with Gasteiger partial charge < -0.3 is 9.64 Å². The molecule has 1 saturated heterocycles. The second kappa shape index (κ2) is 8.35. The Hall–Kier alpha value is -3.45. The zero-order chi connectivity index (χ0) is 21.2. The summed E-state index contributed by atoms with van der Waals surface area (Å²) in [6, 6.07) is 16.7. The number of esters is 1. The number of hydrogen-bond acceptors (Lipinski definition) is 6. The van der Waals surface area contributed by atoms with Gasteiger partial charge in [-0.2, -0.15) is 5.10 Å². The van der Waals surface area contributed by atoms with Gasteiger partial charge >= 0.3 is 5.97 Å². The van der Waals surface area contributed by atoms with Crippen LogP contribution in [0.1, 0.15) is 23.2 Å². The molecule has 0 spiro atoms. The fourth-order valence-corrected chi connectivity index (χ4v) is 3.95.